The van der Waals surface area contributed by atoms with E-state index in [0.29, 0.717) is 12.1 Å². The van der Waals surface area contributed by atoms with Crippen molar-refractivity contribution < 1.29 is 8.98 Å². The fourth-order valence-electron chi connectivity index (χ4n) is 1.94. The SMILES string of the molecule is O=c1oc2ccccc2c[n+]1Cc1ccccc1. The van der Waals surface area contributed by atoms with Gasteiger partial charge in [-0.2, -0.15) is 4.79 Å². The van der Waals surface area contributed by atoms with E-state index in [-0.39, 0.29) is 5.76 Å². The predicted octanol–water partition coefficient (Wildman–Crippen LogP) is 2.13. The van der Waals surface area contributed by atoms with Crippen molar-refractivity contribution in [1.82, 2.24) is 0 Å². The van der Waals surface area contributed by atoms with Gasteiger partial charge in [0.05, 0.1) is 5.39 Å². The van der Waals surface area contributed by atoms with Crippen LogP contribution in [0.2, 0.25) is 0 Å². The molecule has 1 aromatic heterocycles. The van der Waals surface area contributed by atoms with Gasteiger partial charge >= 0.3 is 5.76 Å². The van der Waals surface area contributed by atoms with Gasteiger partial charge in [0.2, 0.25) is 0 Å². The minimum atomic E-state index is -0.336. The lowest BCUT2D eigenvalue weighted by Gasteiger charge is -1.97. The quantitative estimate of drug-likeness (QED) is 0.641. The van der Waals surface area contributed by atoms with Crippen molar-refractivity contribution in [3.8, 4) is 0 Å². The molecule has 88 valence electrons. The summed E-state index contributed by atoms with van der Waals surface area (Å²) in [6.45, 7) is 0.522. The van der Waals surface area contributed by atoms with E-state index in [1.807, 2.05) is 54.7 Å². The average Bonchev–Trinajstić information content (AvgIpc) is 2.41. The molecule has 0 saturated carbocycles. The van der Waals surface area contributed by atoms with Crippen LogP contribution in [0.15, 0.2) is 70.0 Å². The summed E-state index contributed by atoms with van der Waals surface area (Å²) in [6.07, 6.45) is 1.83. The topological polar surface area (TPSA) is 34.1 Å². The Morgan fingerprint density at radius 1 is 0.944 bits per heavy atom. The number of para-hydroxylation sites is 1. The van der Waals surface area contributed by atoms with Gasteiger partial charge in [0.1, 0.15) is 0 Å². The van der Waals surface area contributed by atoms with Crippen molar-refractivity contribution in [2.24, 2.45) is 0 Å². The monoisotopic (exact) mass is 238 g/mol. The lowest BCUT2D eigenvalue weighted by molar-refractivity contribution is -0.712. The number of rotatable bonds is 2. The second-order valence-electron chi connectivity index (χ2n) is 4.15. The summed E-state index contributed by atoms with van der Waals surface area (Å²) < 4.78 is 6.85. The first-order chi connectivity index (χ1) is 8.83. The van der Waals surface area contributed by atoms with Crippen LogP contribution in [-0.4, -0.2) is 0 Å². The minimum absolute atomic E-state index is 0.336. The highest BCUT2D eigenvalue weighted by Crippen LogP contribution is 2.08. The first-order valence-corrected chi connectivity index (χ1v) is 5.79. The smallest absolute Gasteiger partial charge is 0.372 e. The Morgan fingerprint density at radius 2 is 1.67 bits per heavy atom. The van der Waals surface area contributed by atoms with E-state index in [9.17, 15) is 4.79 Å². The molecule has 0 saturated heterocycles. The molecule has 0 fully saturated rings. The summed E-state index contributed by atoms with van der Waals surface area (Å²) in [7, 11) is 0. The van der Waals surface area contributed by atoms with Crippen molar-refractivity contribution in [2.45, 2.75) is 6.54 Å². The van der Waals surface area contributed by atoms with E-state index in [0.717, 1.165) is 10.9 Å². The van der Waals surface area contributed by atoms with Gasteiger partial charge in [-0.3, -0.25) is 0 Å². The van der Waals surface area contributed by atoms with Gasteiger partial charge < -0.3 is 4.42 Å². The molecule has 3 nitrogen and oxygen atoms in total. The van der Waals surface area contributed by atoms with Crippen LogP contribution in [0.25, 0.3) is 11.0 Å². The second-order valence-corrected chi connectivity index (χ2v) is 4.15. The molecule has 2 aromatic carbocycles. The lowest BCUT2D eigenvalue weighted by Crippen LogP contribution is -2.49. The number of hydrogen-bond acceptors (Lipinski definition) is 2. The summed E-state index contributed by atoms with van der Waals surface area (Å²) in [6, 6.07) is 17.3. The van der Waals surface area contributed by atoms with Gasteiger partial charge in [0.15, 0.2) is 18.3 Å². The fourth-order valence-corrected chi connectivity index (χ4v) is 1.94. The zero-order chi connectivity index (χ0) is 12.4. The van der Waals surface area contributed by atoms with Crippen LogP contribution in [0, 0.1) is 0 Å². The molecule has 0 amide bonds. The Bertz CT molecular complexity index is 732. The van der Waals surface area contributed by atoms with E-state index in [2.05, 4.69) is 0 Å². The van der Waals surface area contributed by atoms with Gasteiger partial charge in [-0.15, -0.1) is 4.57 Å². The first kappa shape index (κ1) is 10.7. The molecule has 0 aliphatic rings. The van der Waals surface area contributed by atoms with Crippen LogP contribution in [0.1, 0.15) is 5.56 Å². The van der Waals surface area contributed by atoms with Crippen LogP contribution in [-0.2, 0) is 6.54 Å². The van der Waals surface area contributed by atoms with Gasteiger partial charge in [0.25, 0.3) is 0 Å². The molecule has 0 atom stereocenters. The third-order valence-electron chi connectivity index (χ3n) is 2.84. The Labute approximate surface area is 104 Å². The maximum atomic E-state index is 11.8. The van der Waals surface area contributed by atoms with E-state index in [4.69, 9.17) is 4.42 Å². The van der Waals surface area contributed by atoms with E-state index in [1.54, 1.807) is 10.6 Å². The lowest BCUT2D eigenvalue weighted by atomic mass is 10.2. The van der Waals surface area contributed by atoms with E-state index < -0.39 is 0 Å². The van der Waals surface area contributed by atoms with Gasteiger partial charge in [-0.1, -0.05) is 42.5 Å². The molecule has 0 radical (unpaired) electrons. The Hall–Kier alpha value is -2.42. The van der Waals surface area contributed by atoms with Crippen molar-refractivity contribution in [2.75, 3.05) is 0 Å². The largest absolute Gasteiger partial charge is 0.602 e. The Balaban J connectivity index is 2.07. The van der Waals surface area contributed by atoms with Crippen LogP contribution < -0.4 is 10.3 Å². The van der Waals surface area contributed by atoms with Crippen molar-refractivity contribution in [3.05, 3.63) is 76.9 Å². The minimum Gasteiger partial charge on any atom is -0.372 e. The molecule has 1 heterocycles. The third-order valence-corrected chi connectivity index (χ3v) is 2.84. The highest BCUT2D eigenvalue weighted by atomic mass is 16.4. The average molecular weight is 238 g/mol. The maximum Gasteiger partial charge on any atom is 0.602 e. The molecule has 0 bridgehead atoms. The maximum absolute atomic E-state index is 11.8. The van der Waals surface area contributed by atoms with Gasteiger partial charge in [-0.25, -0.2) is 0 Å². The number of benzene rings is 2. The van der Waals surface area contributed by atoms with Crippen molar-refractivity contribution >= 4 is 11.0 Å². The summed E-state index contributed by atoms with van der Waals surface area (Å²) in [5, 5.41) is 0.924. The second kappa shape index (κ2) is 4.45. The molecule has 18 heavy (non-hydrogen) atoms. The van der Waals surface area contributed by atoms with Gasteiger partial charge in [-0.05, 0) is 12.1 Å². The predicted molar refractivity (Wildman–Crippen MR) is 68.2 cm³/mol. The zero-order valence-corrected chi connectivity index (χ0v) is 9.74. The molecule has 3 heteroatoms. The van der Waals surface area contributed by atoms with Gasteiger partial charge in [0, 0.05) is 5.56 Å². The molecule has 0 aliphatic heterocycles. The summed E-state index contributed by atoms with van der Waals surface area (Å²) in [5.41, 5.74) is 1.69. The molecule has 0 N–H and O–H groups in total. The highest BCUT2D eigenvalue weighted by molar-refractivity contribution is 5.74. The fraction of sp³-hybridized carbons (Fsp3) is 0.0667. The summed E-state index contributed by atoms with van der Waals surface area (Å²) in [4.78, 5) is 11.8. The molecular weight excluding hydrogens is 226 g/mol. The first-order valence-electron chi connectivity index (χ1n) is 5.79. The molecule has 3 aromatic rings. The van der Waals surface area contributed by atoms with Crippen LogP contribution in [0.3, 0.4) is 0 Å². The van der Waals surface area contributed by atoms with Crippen molar-refractivity contribution in [3.63, 3.8) is 0 Å². The molecule has 0 aliphatic carbocycles. The molecule has 0 spiro atoms. The zero-order valence-electron chi connectivity index (χ0n) is 9.74. The number of fused-ring (bicyclic) bond motifs is 1. The van der Waals surface area contributed by atoms with Crippen molar-refractivity contribution in [1.29, 1.82) is 0 Å². The summed E-state index contributed by atoms with van der Waals surface area (Å²) in [5.74, 6) is -0.336. The highest BCUT2D eigenvalue weighted by Gasteiger charge is 2.12. The molecular formula is C15H12NO2+. The number of nitrogens with zero attached hydrogens (tertiary/aromatic N) is 1. The Kier molecular flexibility index (Phi) is 2.65. The number of hydrogen-bond donors (Lipinski definition) is 0. The third kappa shape index (κ3) is 2.02. The molecule has 0 unspecified atom stereocenters. The standard InChI is InChI=1S/C15H12NO2/c17-15-16(10-12-6-2-1-3-7-12)11-13-8-4-5-9-14(13)18-15/h1-9,11H,10H2/q+1. The molecule has 3 rings (SSSR count). The number of aromatic nitrogens is 1. The summed E-state index contributed by atoms with van der Waals surface area (Å²) >= 11 is 0. The van der Waals surface area contributed by atoms with Crippen LogP contribution in [0.4, 0.5) is 0 Å². The normalized spacial score (nSPS) is 10.7. The van der Waals surface area contributed by atoms with E-state index in [1.165, 1.54) is 0 Å². The van der Waals surface area contributed by atoms with Crippen LogP contribution in [0.5, 0.6) is 0 Å². The Morgan fingerprint density at radius 3 is 2.50 bits per heavy atom. The van der Waals surface area contributed by atoms with E-state index >= 15 is 0 Å². The van der Waals surface area contributed by atoms with Crippen LogP contribution >= 0.6 is 0 Å².